The fourth-order valence-electron chi connectivity index (χ4n) is 2.69. The number of nitrogens with one attached hydrogen (secondary N) is 1. The molecule has 1 aliphatic rings. The van der Waals surface area contributed by atoms with Gasteiger partial charge in [0.25, 0.3) is 0 Å². The summed E-state index contributed by atoms with van der Waals surface area (Å²) in [6, 6.07) is 0. The molecule has 1 aliphatic heterocycles. The van der Waals surface area contributed by atoms with E-state index in [1.165, 1.54) is 7.11 Å². The second kappa shape index (κ2) is 8.12. The summed E-state index contributed by atoms with van der Waals surface area (Å²) in [5.41, 5.74) is -0.495. The average Bonchev–Trinajstić information content (AvgIpc) is 2.44. The topological polar surface area (TPSA) is 41.6 Å². The zero-order valence-corrected chi connectivity index (χ0v) is 13.5. The Labute approximate surface area is 121 Å². The van der Waals surface area contributed by atoms with Crippen molar-refractivity contribution in [1.29, 1.82) is 0 Å². The predicted molar refractivity (Wildman–Crippen MR) is 81.7 cm³/mol. The van der Waals surface area contributed by atoms with Crippen LogP contribution in [0.1, 0.15) is 33.6 Å². The molecule has 0 spiro atoms. The Morgan fingerprint density at radius 2 is 2.16 bits per heavy atom. The largest absolute Gasteiger partial charge is 0.468 e. The van der Waals surface area contributed by atoms with Crippen molar-refractivity contribution < 1.29 is 9.53 Å². The van der Waals surface area contributed by atoms with Gasteiger partial charge in [0.2, 0.25) is 0 Å². The number of methoxy groups -OCH3 is 1. The van der Waals surface area contributed by atoms with Gasteiger partial charge in [0, 0.05) is 18.3 Å². The molecule has 1 rings (SSSR count). The quantitative estimate of drug-likeness (QED) is 0.723. The van der Waals surface area contributed by atoms with Gasteiger partial charge in [-0.15, -0.1) is 0 Å². The van der Waals surface area contributed by atoms with E-state index in [2.05, 4.69) is 31.0 Å². The molecule has 1 saturated heterocycles. The first-order valence-corrected chi connectivity index (χ1v) is 8.33. The normalized spacial score (nSPS) is 27.5. The summed E-state index contributed by atoms with van der Waals surface area (Å²) >= 11 is 1.86. The van der Waals surface area contributed by atoms with Crippen LogP contribution in [-0.4, -0.2) is 60.7 Å². The molecule has 0 aromatic carbocycles. The number of esters is 1. The summed E-state index contributed by atoms with van der Waals surface area (Å²) < 4.78 is 5.05. The van der Waals surface area contributed by atoms with Crippen LogP contribution in [0.25, 0.3) is 0 Å². The van der Waals surface area contributed by atoms with Crippen molar-refractivity contribution in [2.24, 2.45) is 0 Å². The van der Waals surface area contributed by atoms with Crippen molar-refractivity contribution in [3.8, 4) is 0 Å². The Hall–Kier alpha value is -0.260. The van der Waals surface area contributed by atoms with Crippen molar-refractivity contribution in [3.63, 3.8) is 0 Å². The van der Waals surface area contributed by atoms with Crippen LogP contribution in [0.2, 0.25) is 0 Å². The molecule has 2 atom stereocenters. The summed E-state index contributed by atoms with van der Waals surface area (Å²) in [6.45, 7) is 10.4. The fourth-order valence-corrected chi connectivity index (χ4v) is 3.93. The third-order valence-corrected chi connectivity index (χ3v) is 5.52. The highest BCUT2D eigenvalue weighted by Crippen LogP contribution is 2.34. The van der Waals surface area contributed by atoms with Gasteiger partial charge in [-0.2, -0.15) is 11.8 Å². The van der Waals surface area contributed by atoms with Gasteiger partial charge in [0.05, 0.1) is 7.11 Å². The zero-order chi connectivity index (χ0) is 14.3. The average molecular weight is 288 g/mol. The Bertz CT molecular complexity index is 285. The van der Waals surface area contributed by atoms with E-state index in [0.717, 1.165) is 44.8 Å². The standard InChI is InChI=1S/C14H28N2O2S/c1-5-16(6-2)10-9-15-14(13(17)18-4)8-7-11-19-12(14)3/h12,15H,5-11H2,1-4H3. The number of hydrogen-bond donors (Lipinski definition) is 1. The van der Waals surface area contributed by atoms with E-state index in [4.69, 9.17) is 4.74 Å². The molecule has 1 fully saturated rings. The van der Waals surface area contributed by atoms with Crippen LogP contribution >= 0.6 is 11.8 Å². The van der Waals surface area contributed by atoms with E-state index in [9.17, 15) is 4.79 Å². The molecule has 2 unspecified atom stereocenters. The van der Waals surface area contributed by atoms with E-state index >= 15 is 0 Å². The lowest BCUT2D eigenvalue weighted by Gasteiger charge is -2.40. The Morgan fingerprint density at radius 1 is 1.47 bits per heavy atom. The van der Waals surface area contributed by atoms with Gasteiger partial charge >= 0.3 is 5.97 Å². The molecule has 19 heavy (non-hydrogen) atoms. The second-order valence-corrected chi connectivity index (χ2v) is 6.48. The Kier molecular flexibility index (Phi) is 7.18. The molecule has 0 saturated carbocycles. The minimum atomic E-state index is -0.495. The second-order valence-electron chi connectivity index (χ2n) is 5.03. The maximum atomic E-state index is 12.2. The number of ether oxygens (including phenoxy) is 1. The summed E-state index contributed by atoms with van der Waals surface area (Å²) in [7, 11) is 1.49. The number of hydrogen-bond acceptors (Lipinski definition) is 5. The molecule has 1 heterocycles. The Morgan fingerprint density at radius 3 is 2.68 bits per heavy atom. The van der Waals surface area contributed by atoms with Gasteiger partial charge in [0.15, 0.2) is 0 Å². The molecule has 0 aromatic heterocycles. The predicted octanol–water partition coefficient (Wildman–Crippen LogP) is 1.75. The number of nitrogens with zero attached hydrogens (tertiary/aromatic N) is 1. The summed E-state index contributed by atoms with van der Waals surface area (Å²) in [6.07, 6.45) is 1.95. The molecule has 4 nitrogen and oxygen atoms in total. The van der Waals surface area contributed by atoms with E-state index in [0.29, 0.717) is 0 Å². The minimum absolute atomic E-state index is 0.105. The number of likely N-dealkylation sites (N-methyl/N-ethyl adjacent to an activating group) is 1. The van der Waals surface area contributed by atoms with Crippen LogP contribution in [-0.2, 0) is 9.53 Å². The lowest BCUT2D eigenvalue weighted by Crippen LogP contribution is -2.61. The van der Waals surface area contributed by atoms with Crippen LogP contribution in [0.5, 0.6) is 0 Å². The van der Waals surface area contributed by atoms with Gasteiger partial charge in [0.1, 0.15) is 5.54 Å². The molecule has 0 amide bonds. The minimum Gasteiger partial charge on any atom is -0.468 e. The summed E-state index contributed by atoms with van der Waals surface area (Å²) in [4.78, 5) is 14.6. The molecule has 1 N–H and O–H groups in total. The number of thioether (sulfide) groups is 1. The maximum absolute atomic E-state index is 12.2. The van der Waals surface area contributed by atoms with Crippen molar-refractivity contribution in [1.82, 2.24) is 10.2 Å². The van der Waals surface area contributed by atoms with Gasteiger partial charge < -0.3 is 9.64 Å². The van der Waals surface area contributed by atoms with Crippen molar-refractivity contribution in [3.05, 3.63) is 0 Å². The third-order valence-electron chi connectivity index (χ3n) is 4.09. The molecular weight excluding hydrogens is 260 g/mol. The van der Waals surface area contributed by atoms with Crippen LogP contribution in [0.3, 0.4) is 0 Å². The van der Waals surface area contributed by atoms with Crippen molar-refractivity contribution in [2.75, 3.05) is 39.0 Å². The van der Waals surface area contributed by atoms with E-state index in [1.807, 2.05) is 11.8 Å². The Balaban J connectivity index is 2.62. The number of rotatable bonds is 7. The molecule has 0 aromatic rings. The summed E-state index contributed by atoms with van der Waals surface area (Å²) in [5.74, 6) is 1.03. The van der Waals surface area contributed by atoms with Crippen molar-refractivity contribution in [2.45, 2.75) is 44.4 Å². The molecule has 5 heteroatoms. The van der Waals surface area contributed by atoms with Crippen LogP contribution in [0, 0.1) is 0 Å². The highest BCUT2D eigenvalue weighted by Gasteiger charge is 2.46. The first-order valence-electron chi connectivity index (χ1n) is 7.28. The van der Waals surface area contributed by atoms with Crippen LogP contribution in [0.4, 0.5) is 0 Å². The molecule has 0 radical (unpaired) electrons. The van der Waals surface area contributed by atoms with Gasteiger partial charge in [-0.1, -0.05) is 20.8 Å². The van der Waals surface area contributed by atoms with E-state index in [1.54, 1.807) is 0 Å². The highest BCUT2D eigenvalue weighted by atomic mass is 32.2. The first kappa shape index (κ1) is 16.8. The number of carbonyl (C=O) groups excluding carboxylic acids is 1. The maximum Gasteiger partial charge on any atom is 0.327 e. The highest BCUT2D eigenvalue weighted by molar-refractivity contribution is 8.00. The fraction of sp³-hybridized carbons (Fsp3) is 0.929. The molecular formula is C14H28N2O2S. The lowest BCUT2D eigenvalue weighted by molar-refractivity contribution is -0.149. The smallest absolute Gasteiger partial charge is 0.327 e. The summed E-state index contributed by atoms with van der Waals surface area (Å²) in [5, 5.41) is 3.77. The molecule has 112 valence electrons. The van der Waals surface area contributed by atoms with E-state index < -0.39 is 5.54 Å². The lowest BCUT2D eigenvalue weighted by atomic mass is 9.89. The van der Waals surface area contributed by atoms with Crippen LogP contribution in [0.15, 0.2) is 0 Å². The van der Waals surface area contributed by atoms with Gasteiger partial charge in [-0.3, -0.25) is 10.1 Å². The number of carbonyl (C=O) groups is 1. The van der Waals surface area contributed by atoms with E-state index in [-0.39, 0.29) is 11.2 Å². The zero-order valence-electron chi connectivity index (χ0n) is 12.7. The van der Waals surface area contributed by atoms with Gasteiger partial charge in [-0.25, -0.2) is 0 Å². The van der Waals surface area contributed by atoms with Crippen LogP contribution < -0.4 is 5.32 Å². The van der Waals surface area contributed by atoms with Crippen molar-refractivity contribution >= 4 is 17.7 Å². The van der Waals surface area contributed by atoms with Gasteiger partial charge in [-0.05, 0) is 31.7 Å². The first-order chi connectivity index (χ1) is 9.10. The monoisotopic (exact) mass is 288 g/mol. The SMILES string of the molecule is CCN(CC)CCNC1(C(=O)OC)CCCSC1C. The third kappa shape index (κ3) is 4.10. The molecule has 0 bridgehead atoms. The molecule has 0 aliphatic carbocycles.